The zero-order chi connectivity index (χ0) is 10.5. The van der Waals surface area contributed by atoms with Gasteiger partial charge in [-0.3, -0.25) is 4.79 Å². The normalized spacial score (nSPS) is 36.0. The first-order chi connectivity index (χ1) is 6.52. The third-order valence-electron chi connectivity index (χ3n) is 3.89. The van der Waals surface area contributed by atoms with Crippen molar-refractivity contribution >= 4 is 5.78 Å². The number of hydrogen-bond donors (Lipinski definition) is 0. The van der Waals surface area contributed by atoms with E-state index in [1.54, 1.807) is 0 Å². The molecule has 3 unspecified atom stereocenters. The summed E-state index contributed by atoms with van der Waals surface area (Å²) in [6.45, 7) is 9.07. The summed E-state index contributed by atoms with van der Waals surface area (Å²) in [5.74, 6) is 3.57. The van der Waals surface area contributed by atoms with E-state index in [1.165, 1.54) is 0 Å². The molecular formula is C13H20O. The molecule has 0 aromatic rings. The average molecular weight is 192 g/mol. The lowest BCUT2D eigenvalue weighted by molar-refractivity contribution is -0.118. The van der Waals surface area contributed by atoms with Gasteiger partial charge < -0.3 is 0 Å². The predicted octanol–water partition coefficient (Wildman–Crippen LogP) is 3.06. The third-order valence-corrected chi connectivity index (χ3v) is 3.89. The first kappa shape index (κ1) is 9.95. The molecule has 1 nitrogen and oxygen atoms in total. The molecule has 0 radical (unpaired) electrons. The predicted molar refractivity (Wildman–Crippen MR) is 57.9 cm³/mol. The summed E-state index contributed by atoms with van der Waals surface area (Å²) < 4.78 is 0. The van der Waals surface area contributed by atoms with Crippen LogP contribution in [0.1, 0.15) is 34.1 Å². The average Bonchev–Trinajstić information content (AvgIpc) is 2.58. The summed E-state index contributed by atoms with van der Waals surface area (Å²) in [6, 6.07) is 0. The topological polar surface area (TPSA) is 17.1 Å². The molecule has 2 rings (SSSR count). The smallest absolute Gasteiger partial charge is 0.159 e. The van der Waals surface area contributed by atoms with Gasteiger partial charge in [-0.1, -0.05) is 33.8 Å². The van der Waals surface area contributed by atoms with Gasteiger partial charge in [0.2, 0.25) is 0 Å². The molecule has 0 fully saturated rings. The van der Waals surface area contributed by atoms with Crippen LogP contribution < -0.4 is 0 Å². The van der Waals surface area contributed by atoms with Crippen LogP contribution in [0.5, 0.6) is 0 Å². The molecule has 2 bridgehead atoms. The van der Waals surface area contributed by atoms with Crippen molar-refractivity contribution in [1.82, 2.24) is 0 Å². The maximum Gasteiger partial charge on any atom is 0.159 e. The zero-order valence-electron chi connectivity index (χ0n) is 9.58. The lowest BCUT2D eigenvalue weighted by atomic mass is 9.68. The molecule has 0 heterocycles. The lowest BCUT2D eigenvalue weighted by Crippen LogP contribution is -2.33. The van der Waals surface area contributed by atoms with Crippen LogP contribution >= 0.6 is 0 Å². The van der Waals surface area contributed by atoms with Crippen molar-refractivity contribution in [2.75, 3.05) is 0 Å². The minimum atomic E-state index is 0.422. The molecule has 0 aliphatic heterocycles. The number of fused-ring (bicyclic) bond motifs is 1. The van der Waals surface area contributed by atoms with Crippen LogP contribution in [0.3, 0.4) is 0 Å². The van der Waals surface area contributed by atoms with E-state index in [2.05, 4.69) is 33.8 Å². The van der Waals surface area contributed by atoms with Crippen molar-refractivity contribution in [2.45, 2.75) is 34.1 Å². The Bertz CT molecular complexity index is 286. The maximum atomic E-state index is 11.7. The summed E-state index contributed by atoms with van der Waals surface area (Å²) in [6.07, 6.45) is 3.05. The van der Waals surface area contributed by atoms with Gasteiger partial charge in [0, 0.05) is 6.42 Å². The maximum absolute atomic E-state index is 11.7. The summed E-state index contributed by atoms with van der Waals surface area (Å²) in [5, 5.41) is 0. The molecule has 0 amide bonds. The van der Waals surface area contributed by atoms with Gasteiger partial charge >= 0.3 is 0 Å². The second kappa shape index (κ2) is 3.22. The monoisotopic (exact) mass is 192 g/mol. The molecule has 2 aliphatic carbocycles. The highest BCUT2D eigenvalue weighted by molar-refractivity contribution is 5.99. The van der Waals surface area contributed by atoms with E-state index in [4.69, 9.17) is 0 Å². The first-order valence-corrected chi connectivity index (χ1v) is 5.77. The number of rotatable bonds is 2. The van der Waals surface area contributed by atoms with Gasteiger partial charge in [0.15, 0.2) is 5.78 Å². The largest absolute Gasteiger partial charge is 0.295 e. The van der Waals surface area contributed by atoms with Crippen LogP contribution in [-0.2, 0) is 4.79 Å². The number of allylic oxidation sites excluding steroid dienone is 2. The van der Waals surface area contributed by atoms with Crippen molar-refractivity contribution in [3.8, 4) is 0 Å². The van der Waals surface area contributed by atoms with Crippen LogP contribution in [0.25, 0.3) is 0 Å². The molecule has 0 saturated carbocycles. The quantitative estimate of drug-likeness (QED) is 0.657. The SMILES string of the molecule is CC(C)C1C2=CC(CC2=O)C1C(C)C. The molecule has 0 saturated heterocycles. The molecule has 1 heteroatoms. The highest BCUT2D eigenvalue weighted by atomic mass is 16.1. The lowest BCUT2D eigenvalue weighted by Gasteiger charge is -2.35. The van der Waals surface area contributed by atoms with E-state index < -0.39 is 0 Å². The fourth-order valence-electron chi connectivity index (χ4n) is 3.44. The van der Waals surface area contributed by atoms with Gasteiger partial charge in [-0.05, 0) is 35.2 Å². The Morgan fingerprint density at radius 3 is 2.36 bits per heavy atom. The Labute approximate surface area is 86.6 Å². The van der Waals surface area contributed by atoms with Gasteiger partial charge in [0.05, 0.1) is 0 Å². The van der Waals surface area contributed by atoms with Gasteiger partial charge in [-0.25, -0.2) is 0 Å². The number of carbonyl (C=O) groups is 1. The second-order valence-corrected chi connectivity index (χ2v) is 5.50. The Balaban J connectivity index is 2.27. The van der Waals surface area contributed by atoms with E-state index in [0.717, 1.165) is 17.9 Å². The first-order valence-electron chi connectivity index (χ1n) is 5.77. The van der Waals surface area contributed by atoms with Crippen molar-refractivity contribution in [3.05, 3.63) is 11.6 Å². The van der Waals surface area contributed by atoms with Crippen LogP contribution in [0.15, 0.2) is 11.6 Å². The molecule has 0 spiro atoms. The Hall–Kier alpha value is -0.590. The molecular weight excluding hydrogens is 172 g/mol. The van der Waals surface area contributed by atoms with Crippen LogP contribution in [0, 0.1) is 29.6 Å². The van der Waals surface area contributed by atoms with Gasteiger partial charge in [0.1, 0.15) is 0 Å². The number of ketones is 1. The fraction of sp³-hybridized carbons (Fsp3) is 0.769. The Morgan fingerprint density at radius 2 is 1.86 bits per heavy atom. The van der Waals surface area contributed by atoms with E-state index >= 15 is 0 Å². The van der Waals surface area contributed by atoms with Crippen molar-refractivity contribution in [1.29, 1.82) is 0 Å². The highest BCUT2D eigenvalue weighted by Crippen LogP contribution is 2.51. The number of hydrogen-bond acceptors (Lipinski definition) is 1. The van der Waals surface area contributed by atoms with E-state index in [9.17, 15) is 4.79 Å². The van der Waals surface area contributed by atoms with Gasteiger partial charge in [0.25, 0.3) is 0 Å². The number of Topliss-reactive ketones (excluding diaryl/α,β-unsaturated/α-hetero) is 1. The van der Waals surface area contributed by atoms with E-state index in [0.29, 0.717) is 29.5 Å². The van der Waals surface area contributed by atoms with E-state index in [1.807, 2.05) is 0 Å². The minimum Gasteiger partial charge on any atom is -0.295 e. The van der Waals surface area contributed by atoms with Crippen LogP contribution in [0.4, 0.5) is 0 Å². The molecule has 0 N–H and O–H groups in total. The molecule has 2 aliphatic rings. The zero-order valence-corrected chi connectivity index (χ0v) is 9.58. The van der Waals surface area contributed by atoms with Gasteiger partial charge in [-0.2, -0.15) is 0 Å². The summed E-state index contributed by atoms with van der Waals surface area (Å²) in [5.41, 5.74) is 1.16. The van der Waals surface area contributed by atoms with Crippen LogP contribution in [-0.4, -0.2) is 5.78 Å². The van der Waals surface area contributed by atoms with Crippen molar-refractivity contribution in [3.63, 3.8) is 0 Å². The summed E-state index contributed by atoms with van der Waals surface area (Å²) in [4.78, 5) is 11.7. The molecule has 14 heavy (non-hydrogen) atoms. The summed E-state index contributed by atoms with van der Waals surface area (Å²) in [7, 11) is 0. The number of carbonyl (C=O) groups excluding carboxylic acids is 1. The van der Waals surface area contributed by atoms with Crippen molar-refractivity contribution in [2.24, 2.45) is 29.6 Å². The standard InChI is InChI=1S/C13H20O/c1-7(2)12-9-5-10(11(14)6-9)13(12)8(3)4/h5,7-9,12-13H,6H2,1-4H3. The molecule has 78 valence electrons. The van der Waals surface area contributed by atoms with Crippen LogP contribution in [0.2, 0.25) is 0 Å². The summed E-state index contributed by atoms with van der Waals surface area (Å²) >= 11 is 0. The minimum absolute atomic E-state index is 0.422. The molecule has 3 atom stereocenters. The fourth-order valence-corrected chi connectivity index (χ4v) is 3.44. The Morgan fingerprint density at radius 1 is 1.21 bits per heavy atom. The Kier molecular flexibility index (Phi) is 2.29. The molecule has 0 aromatic heterocycles. The van der Waals surface area contributed by atoms with E-state index in [-0.39, 0.29) is 0 Å². The molecule has 0 aromatic carbocycles. The second-order valence-electron chi connectivity index (χ2n) is 5.50. The highest BCUT2D eigenvalue weighted by Gasteiger charge is 2.47. The van der Waals surface area contributed by atoms with Gasteiger partial charge in [-0.15, -0.1) is 0 Å². The third kappa shape index (κ3) is 1.25. The van der Waals surface area contributed by atoms with Crippen molar-refractivity contribution < 1.29 is 4.79 Å².